The molecule has 0 aliphatic rings. The first-order valence-electron chi connectivity index (χ1n) is 6.49. The molecule has 0 saturated carbocycles. The largest absolute Gasteiger partial charge is 0.304 e. The van der Waals surface area contributed by atoms with E-state index in [1.54, 1.807) is 0 Å². The fourth-order valence-corrected chi connectivity index (χ4v) is 2.74. The van der Waals surface area contributed by atoms with E-state index in [0.717, 1.165) is 5.92 Å². The summed E-state index contributed by atoms with van der Waals surface area (Å²) in [5.74, 6) is 2.24. The molecule has 1 atom stereocenters. The number of unbranched alkanes of at least 4 members (excludes halogenated alkanes) is 2. The van der Waals surface area contributed by atoms with Crippen LogP contribution in [0.2, 0.25) is 0 Å². The second-order valence-corrected chi connectivity index (χ2v) is 5.21. The van der Waals surface area contributed by atoms with Crippen molar-refractivity contribution in [2.75, 3.05) is 31.6 Å². The highest BCUT2D eigenvalue weighted by Gasteiger charge is 2.11. The molecule has 0 aromatic heterocycles. The van der Waals surface area contributed by atoms with Crippen LogP contribution in [0.15, 0.2) is 0 Å². The molecule has 0 bridgehead atoms. The van der Waals surface area contributed by atoms with Crippen LogP contribution in [0.4, 0.5) is 0 Å². The molecule has 0 saturated heterocycles. The van der Waals surface area contributed by atoms with Crippen molar-refractivity contribution in [3.8, 4) is 0 Å². The summed E-state index contributed by atoms with van der Waals surface area (Å²) in [4.78, 5) is 2.56. The topological polar surface area (TPSA) is 3.24 Å². The summed E-state index contributed by atoms with van der Waals surface area (Å²) < 4.78 is 0. The fourth-order valence-electron chi connectivity index (χ4n) is 1.99. The first-order valence-corrected chi connectivity index (χ1v) is 7.89. The van der Waals surface area contributed by atoms with Gasteiger partial charge in [0.25, 0.3) is 0 Å². The lowest BCUT2D eigenvalue weighted by Gasteiger charge is -2.24. The molecule has 0 fully saturated rings. The van der Waals surface area contributed by atoms with Gasteiger partial charge in [-0.15, -0.1) is 0 Å². The van der Waals surface area contributed by atoms with E-state index in [0.29, 0.717) is 0 Å². The lowest BCUT2D eigenvalue weighted by Crippen LogP contribution is -2.30. The third-order valence-corrected chi connectivity index (χ3v) is 3.83. The smallest absolute Gasteiger partial charge is 0.00173 e. The van der Waals surface area contributed by atoms with Gasteiger partial charge in [-0.1, -0.05) is 40.0 Å². The normalized spacial score (nSPS) is 13.4. The van der Waals surface area contributed by atoms with E-state index < -0.39 is 0 Å². The van der Waals surface area contributed by atoms with Crippen LogP contribution < -0.4 is 0 Å². The van der Waals surface area contributed by atoms with E-state index in [2.05, 4.69) is 31.9 Å². The highest BCUT2D eigenvalue weighted by atomic mass is 32.2. The van der Waals surface area contributed by atoms with E-state index >= 15 is 0 Å². The third-order valence-electron chi connectivity index (χ3n) is 3.03. The zero-order chi connectivity index (χ0) is 11.5. The van der Waals surface area contributed by atoms with Crippen molar-refractivity contribution >= 4 is 11.8 Å². The van der Waals surface area contributed by atoms with Crippen LogP contribution in [-0.4, -0.2) is 36.5 Å². The van der Waals surface area contributed by atoms with Crippen LogP contribution in [-0.2, 0) is 0 Å². The molecule has 0 rings (SSSR count). The Balaban J connectivity index is 3.79. The standard InChI is InChI=1S/C13H29NS/c1-5-8-9-10-13(12-15-4)11-14(6-2)7-3/h13H,5-12H2,1-4H3. The number of nitrogens with zero attached hydrogens (tertiary/aromatic N) is 1. The number of thioether (sulfide) groups is 1. The van der Waals surface area contributed by atoms with Crippen LogP contribution in [0.5, 0.6) is 0 Å². The molecule has 0 N–H and O–H groups in total. The summed E-state index contributed by atoms with van der Waals surface area (Å²) in [5, 5.41) is 0. The lowest BCUT2D eigenvalue weighted by molar-refractivity contribution is 0.254. The summed E-state index contributed by atoms with van der Waals surface area (Å²) in [6, 6.07) is 0. The lowest BCUT2D eigenvalue weighted by atomic mass is 10.0. The summed E-state index contributed by atoms with van der Waals surface area (Å²) >= 11 is 2.00. The quantitative estimate of drug-likeness (QED) is 0.525. The number of hydrogen-bond donors (Lipinski definition) is 0. The summed E-state index contributed by atoms with van der Waals surface area (Å²) in [5.41, 5.74) is 0. The zero-order valence-corrected chi connectivity index (χ0v) is 11.9. The molecule has 0 aromatic carbocycles. The van der Waals surface area contributed by atoms with Crippen molar-refractivity contribution in [2.24, 2.45) is 5.92 Å². The molecular weight excluding hydrogens is 202 g/mol. The number of hydrogen-bond acceptors (Lipinski definition) is 2. The Morgan fingerprint density at radius 3 is 2.20 bits per heavy atom. The van der Waals surface area contributed by atoms with Crippen molar-refractivity contribution in [3.63, 3.8) is 0 Å². The Morgan fingerprint density at radius 2 is 1.73 bits per heavy atom. The molecule has 15 heavy (non-hydrogen) atoms. The average Bonchev–Trinajstić information content (AvgIpc) is 2.26. The van der Waals surface area contributed by atoms with E-state index in [4.69, 9.17) is 0 Å². The van der Waals surface area contributed by atoms with Crippen molar-refractivity contribution in [1.82, 2.24) is 4.90 Å². The van der Waals surface area contributed by atoms with Gasteiger partial charge in [-0.05, 0) is 37.4 Å². The second kappa shape index (κ2) is 10.8. The molecule has 0 aliphatic heterocycles. The highest BCUT2D eigenvalue weighted by molar-refractivity contribution is 7.98. The van der Waals surface area contributed by atoms with Gasteiger partial charge in [0.15, 0.2) is 0 Å². The molecule has 0 radical (unpaired) electrons. The van der Waals surface area contributed by atoms with Crippen molar-refractivity contribution in [2.45, 2.75) is 46.5 Å². The SMILES string of the molecule is CCCCCC(CSC)CN(CC)CC. The van der Waals surface area contributed by atoms with E-state index in [1.165, 1.54) is 51.1 Å². The van der Waals surface area contributed by atoms with Crippen LogP contribution in [0.3, 0.4) is 0 Å². The summed E-state index contributed by atoms with van der Waals surface area (Å²) in [7, 11) is 0. The molecule has 1 unspecified atom stereocenters. The molecule has 0 heterocycles. The Hall–Kier alpha value is 0.310. The van der Waals surface area contributed by atoms with Crippen molar-refractivity contribution < 1.29 is 0 Å². The van der Waals surface area contributed by atoms with Gasteiger partial charge in [0.05, 0.1) is 0 Å². The Kier molecular flexibility index (Phi) is 11.0. The van der Waals surface area contributed by atoms with Gasteiger partial charge in [0.2, 0.25) is 0 Å². The van der Waals surface area contributed by atoms with Crippen LogP contribution in [0.1, 0.15) is 46.5 Å². The molecule has 0 aromatic rings. The van der Waals surface area contributed by atoms with Gasteiger partial charge in [0, 0.05) is 6.54 Å². The minimum Gasteiger partial charge on any atom is -0.304 e. The Bertz CT molecular complexity index is 124. The molecule has 92 valence electrons. The first kappa shape index (κ1) is 15.3. The first-order chi connectivity index (χ1) is 7.28. The highest BCUT2D eigenvalue weighted by Crippen LogP contribution is 2.16. The van der Waals surface area contributed by atoms with Gasteiger partial charge in [0.1, 0.15) is 0 Å². The maximum absolute atomic E-state index is 2.56. The molecule has 0 spiro atoms. The monoisotopic (exact) mass is 231 g/mol. The predicted octanol–water partition coefficient (Wildman–Crippen LogP) is 3.89. The van der Waals surface area contributed by atoms with Crippen molar-refractivity contribution in [3.05, 3.63) is 0 Å². The number of rotatable bonds is 10. The molecular formula is C13H29NS. The van der Waals surface area contributed by atoms with Gasteiger partial charge >= 0.3 is 0 Å². The minimum atomic E-state index is 0.909. The Morgan fingerprint density at radius 1 is 1.07 bits per heavy atom. The predicted molar refractivity (Wildman–Crippen MR) is 73.8 cm³/mol. The molecule has 0 amide bonds. The second-order valence-electron chi connectivity index (χ2n) is 4.30. The van der Waals surface area contributed by atoms with Crippen molar-refractivity contribution in [1.29, 1.82) is 0 Å². The van der Waals surface area contributed by atoms with Crippen LogP contribution >= 0.6 is 11.8 Å². The van der Waals surface area contributed by atoms with Crippen LogP contribution in [0, 0.1) is 5.92 Å². The average molecular weight is 231 g/mol. The third kappa shape index (κ3) is 8.15. The maximum atomic E-state index is 2.56. The maximum Gasteiger partial charge on any atom is 0.00173 e. The molecule has 0 aliphatic carbocycles. The molecule has 2 heteroatoms. The zero-order valence-electron chi connectivity index (χ0n) is 11.1. The van der Waals surface area contributed by atoms with Gasteiger partial charge < -0.3 is 4.90 Å². The molecule has 1 nitrogen and oxygen atoms in total. The van der Waals surface area contributed by atoms with Gasteiger partial charge in [-0.2, -0.15) is 11.8 Å². The Labute approximate surface area is 101 Å². The summed E-state index contributed by atoms with van der Waals surface area (Å²) in [6.45, 7) is 10.5. The van der Waals surface area contributed by atoms with E-state index in [-0.39, 0.29) is 0 Å². The van der Waals surface area contributed by atoms with Gasteiger partial charge in [-0.25, -0.2) is 0 Å². The van der Waals surface area contributed by atoms with E-state index in [9.17, 15) is 0 Å². The van der Waals surface area contributed by atoms with E-state index in [1.807, 2.05) is 11.8 Å². The summed E-state index contributed by atoms with van der Waals surface area (Å²) in [6.07, 6.45) is 7.82. The van der Waals surface area contributed by atoms with Crippen LogP contribution in [0.25, 0.3) is 0 Å². The fraction of sp³-hybridized carbons (Fsp3) is 1.00. The van der Waals surface area contributed by atoms with Gasteiger partial charge in [-0.3, -0.25) is 0 Å². The minimum absolute atomic E-state index is 0.909.